The highest BCUT2D eigenvalue weighted by molar-refractivity contribution is 5.79. The number of rotatable bonds is 0. The van der Waals surface area contributed by atoms with Crippen molar-refractivity contribution in [2.45, 2.75) is 97.4 Å². The van der Waals surface area contributed by atoms with Gasteiger partial charge in [-0.1, -0.05) is 27.7 Å². The van der Waals surface area contributed by atoms with Gasteiger partial charge in [-0.25, -0.2) is 0 Å². The Hall–Kier alpha value is -0.410. The smallest absolute Gasteiger partial charge is 0.171 e. The lowest BCUT2D eigenvalue weighted by Gasteiger charge is -2.59. The molecule has 0 aromatic heterocycles. The SMILES string of the molecule is C[C@@H]1CC[C@@]2(OC1)O[C@H]1[C@@H]3CC[C@H]4CC(=O)CC[C@]4(C)[C@H]3CC[C@]1(C)[C@@H]2C. The molecule has 2 saturated heterocycles. The van der Waals surface area contributed by atoms with Crippen molar-refractivity contribution in [3.05, 3.63) is 0 Å². The van der Waals surface area contributed by atoms with Crippen molar-refractivity contribution in [2.75, 3.05) is 6.61 Å². The number of hydrogen-bond acceptors (Lipinski definition) is 3. The molecule has 0 aromatic carbocycles. The van der Waals surface area contributed by atoms with Crippen LogP contribution in [0.15, 0.2) is 0 Å². The Morgan fingerprint density at radius 2 is 1.78 bits per heavy atom. The van der Waals surface area contributed by atoms with Gasteiger partial charge in [-0.3, -0.25) is 4.79 Å². The van der Waals surface area contributed by atoms with Gasteiger partial charge < -0.3 is 9.47 Å². The monoisotopic (exact) mass is 374 g/mol. The number of ether oxygens (including phenoxy) is 2. The van der Waals surface area contributed by atoms with Crippen LogP contribution in [-0.4, -0.2) is 24.3 Å². The second-order valence-electron chi connectivity index (χ2n) is 11.4. The molecule has 5 fully saturated rings. The topological polar surface area (TPSA) is 35.5 Å². The van der Waals surface area contributed by atoms with Crippen molar-refractivity contribution >= 4 is 5.78 Å². The third-order valence-electron chi connectivity index (χ3n) is 10.2. The maximum absolute atomic E-state index is 12.1. The van der Waals surface area contributed by atoms with Crippen molar-refractivity contribution in [1.29, 1.82) is 0 Å². The fraction of sp³-hybridized carbons (Fsp3) is 0.958. The first-order valence-electron chi connectivity index (χ1n) is 11.6. The average Bonchev–Trinajstić information content (AvgIpc) is 2.87. The zero-order valence-electron chi connectivity index (χ0n) is 17.8. The summed E-state index contributed by atoms with van der Waals surface area (Å²) in [5.41, 5.74) is 0.595. The van der Waals surface area contributed by atoms with Crippen molar-refractivity contribution in [3.8, 4) is 0 Å². The van der Waals surface area contributed by atoms with Gasteiger partial charge in [0.05, 0.1) is 12.7 Å². The van der Waals surface area contributed by atoms with Gasteiger partial charge in [0, 0.05) is 30.6 Å². The summed E-state index contributed by atoms with van der Waals surface area (Å²) in [4.78, 5) is 12.1. The molecule has 0 N–H and O–H groups in total. The quantitative estimate of drug-likeness (QED) is 0.572. The van der Waals surface area contributed by atoms with Gasteiger partial charge in [-0.15, -0.1) is 0 Å². The minimum absolute atomic E-state index is 0.245. The molecule has 0 unspecified atom stereocenters. The summed E-state index contributed by atoms with van der Waals surface area (Å²) in [6.45, 7) is 10.6. The Balaban J connectivity index is 1.44. The largest absolute Gasteiger partial charge is 0.349 e. The Bertz CT molecular complexity index is 621. The number of hydrogen-bond donors (Lipinski definition) is 0. The molecular formula is C24H38O3. The molecule has 9 atom stereocenters. The van der Waals surface area contributed by atoms with Gasteiger partial charge in [0.1, 0.15) is 5.78 Å². The van der Waals surface area contributed by atoms with E-state index < -0.39 is 0 Å². The van der Waals surface area contributed by atoms with E-state index >= 15 is 0 Å². The Morgan fingerprint density at radius 1 is 0.963 bits per heavy atom. The van der Waals surface area contributed by atoms with Gasteiger partial charge in [0.2, 0.25) is 0 Å². The van der Waals surface area contributed by atoms with Crippen molar-refractivity contribution in [2.24, 2.45) is 40.4 Å². The summed E-state index contributed by atoms with van der Waals surface area (Å²) < 4.78 is 13.5. The van der Waals surface area contributed by atoms with Gasteiger partial charge in [0.25, 0.3) is 0 Å². The number of fused-ring (bicyclic) bond motifs is 5. The highest BCUT2D eigenvalue weighted by Gasteiger charge is 2.67. The second-order valence-corrected chi connectivity index (χ2v) is 11.4. The van der Waals surface area contributed by atoms with Gasteiger partial charge in [0.15, 0.2) is 5.79 Å². The van der Waals surface area contributed by atoms with Gasteiger partial charge >= 0.3 is 0 Å². The summed E-state index contributed by atoms with van der Waals surface area (Å²) >= 11 is 0. The zero-order valence-corrected chi connectivity index (χ0v) is 17.8. The highest BCUT2D eigenvalue weighted by Crippen LogP contribution is 2.67. The molecule has 27 heavy (non-hydrogen) atoms. The molecular weight excluding hydrogens is 336 g/mol. The van der Waals surface area contributed by atoms with E-state index in [2.05, 4.69) is 27.7 Å². The lowest BCUT2D eigenvalue weighted by molar-refractivity contribution is -0.278. The molecule has 3 aliphatic carbocycles. The van der Waals surface area contributed by atoms with Crippen molar-refractivity contribution in [3.63, 3.8) is 0 Å². The number of Topliss-reactive ketones (excluding diaryl/α,β-unsaturated/α-hetero) is 1. The average molecular weight is 375 g/mol. The van der Waals surface area contributed by atoms with Crippen LogP contribution in [0.4, 0.5) is 0 Å². The summed E-state index contributed by atoms with van der Waals surface area (Å²) in [6, 6.07) is 0. The van der Waals surface area contributed by atoms with Crippen molar-refractivity contribution < 1.29 is 14.3 Å². The van der Waals surface area contributed by atoms with E-state index in [4.69, 9.17) is 9.47 Å². The van der Waals surface area contributed by atoms with Crippen LogP contribution in [0, 0.1) is 40.4 Å². The van der Waals surface area contributed by atoms with Crippen LogP contribution in [0.25, 0.3) is 0 Å². The molecule has 0 aromatic rings. The third kappa shape index (κ3) is 2.49. The molecule has 152 valence electrons. The molecule has 0 bridgehead atoms. The third-order valence-corrected chi connectivity index (χ3v) is 10.2. The number of carbonyl (C=O) groups is 1. The zero-order chi connectivity index (χ0) is 19.0. The molecule has 3 heteroatoms. The molecule has 1 spiro atoms. The normalized spacial score (nSPS) is 57.9. The van der Waals surface area contributed by atoms with Crippen LogP contribution < -0.4 is 0 Å². The molecule has 2 heterocycles. The van der Waals surface area contributed by atoms with E-state index in [0.29, 0.717) is 41.0 Å². The van der Waals surface area contributed by atoms with Gasteiger partial charge in [-0.2, -0.15) is 0 Å². The van der Waals surface area contributed by atoms with E-state index in [1.54, 1.807) is 0 Å². The first-order valence-corrected chi connectivity index (χ1v) is 11.6. The lowest BCUT2D eigenvalue weighted by Crippen LogP contribution is -2.55. The highest BCUT2D eigenvalue weighted by atomic mass is 16.7. The molecule has 5 aliphatic rings. The molecule has 5 rings (SSSR count). The van der Waals surface area contributed by atoms with Crippen LogP contribution in [0.5, 0.6) is 0 Å². The lowest BCUT2D eigenvalue weighted by atomic mass is 9.46. The van der Waals surface area contributed by atoms with Crippen LogP contribution in [0.3, 0.4) is 0 Å². The van der Waals surface area contributed by atoms with Crippen LogP contribution >= 0.6 is 0 Å². The standard InChI is InChI=1S/C24H38O3/c1-15-7-12-24(26-14-15)16(2)22(3)11-9-20-19(21(22)27-24)6-5-17-13-18(25)8-10-23(17,20)4/h15-17,19-21H,5-14H2,1-4H3/t15-,16+,17+,19-,20+,21+,22-,23+,24-/m1/s1. The molecule has 2 aliphatic heterocycles. The minimum atomic E-state index is -0.332. The van der Waals surface area contributed by atoms with Crippen LogP contribution in [0.2, 0.25) is 0 Å². The fourth-order valence-electron chi connectivity index (χ4n) is 8.06. The molecule has 0 radical (unpaired) electrons. The Morgan fingerprint density at radius 3 is 2.52 bits per heavy atom. The van der Waals surface area contributed by atoms with Crippen molar-refractivity contribution in [1.82, 2.24) is 0 Å². The molecule has 0 amide bonds. The van der Waals surface area contributed by atoms with Crippen LogP contribution in [-0.2, 0) is 14.3 Å². The number of ketones is 1. The molecule has 3 saturated carbocycles. The molecule has 3 nitrogen and oxygen atoms in total. The summed E-state index contributed by atoms with van der Waals surface area (Å²) in [6.07, 6.45) is 10.4. The summed E-state index contributed by atoms with van der Waals surface area (Å²) in [5.74, 6) is 3.30. The Kier molecular flexibility index (Phi) is 4.17. The minimum Gasteiger partial charge on any atom is -0.349 e. The first-order chi connectivity index (χ1) is 12.8. The fourth-order valence-corrected chi connectivity index (χ4v) is 8.06. The van der Waals surface area contributed by atoms with E-state index in [1.807, 2.05) is 0 Å². The van der Waals surface area contributed by atoms with E-state index in [9.17, 15) is 4.79 Å². The Labute approximate surface area is 164 Å². The van der Waals surface area contributed by atoms with E-state index in [1.165, 1.54) is 32.1 Å². The first kappa shape index (κ1) is 18.6. The summed E-state index contributed by atoms with van der Waals surface area (Å²) in [7, 11) is 0. The van der Waals surface area contributed by atoms with E-state index in [0.717, 1.165) is 38.2 Å². The van der Waals surface area contributed by atoms with Gasteiger partial charge in [-0.05, 0) is 67.6 Å². The van der Waals surface area contributed by atoms with Crippen LogP contribution in [0.1, 0.15) is 85.5 Å². The maximum atomic E-state index is 12.1. The maximum Gasteiger partial charge on any atom is 0.171 e. The predicted molar refractivity (Wildman–Crippen MR) is 105 cm³/mol. The summed E-state index contributed by atoms with van der Waals surface area (Å²) in [5, 5.41) is 0. The number of carbonyl (C=O) groups excluding carboxylic acids is 1. The second kappa shape index (κ2) is 6.05. The van der Waals surface area contributed by atoms with E-state index in [-0.39, 0.29) is 11.2 Å². The predicted octanol–water partition coefficient (Wildman–Crippen LogP) is 5.37.